The van der Waals surface area contributed by atoms with Crippen LogP contribution in [-0.4, -0.2) is 58.1 Å². The number of methoxy groups -OCH3 is 1. The van der Waals surface area contributed by atoms with Gasteiger partial charge in [0.1, 0.15) is 17.6 Å². The molecule has 7 rings (SSSR count). The number of nitrogens with one attached hydrogen (secondary N) is 2. The molecule has 1 unspecified atom stereocenters. The Balaban J connectivity index is 1.16. The highest BCUT2D eigenvalue weighted by molar-refractivity contribution is 6.85. The monoisotopic (exact) mass is 632 g/mol. The van der Waals surface area contributed by atoms with Crippen LogP contribution in [0.5, 0.6) is 5.75 Å². The molecule has 0 bridgehead atoms. The van der Waals surface area contributed by atoms with Gasteiger partial charge in [0.25, 0.3) is 0 Å². The van der Waals surface area contributed by atoms with Gasteiger partial charge in [0.2, 0.25) is 14.2 Å². The van der Waals surface area contributed by atoms with Crippen molar-refractivity contribution in [3.8, 4) is 11.4 Å². The van der Waals surface area contributed by atoms with Crippen LogP contribution in [-0.2, 0) is 11.2 Å². The molecule has 0 radical (unpaired) electrons. The molecular weight excluding hydrogens is 593 g/mol. The van der Waals surface area contributed by atoms with Crippen LogP contribution in [0.25, 0.3) is 16.6 Å². The molecule has 5 aromatic rings. The third kappa shape index (κ3) is 5.67. The molecule has 3 heterocycles. The topological polar surface area (TPSA) is 117 Å². The molecule has 9 nitrogen and oxygen atoms in total. The van der Waals surface area contributed by atoms with Gasteiger partial charge in [-0.2, -0.15) is 0 Å². The van der Waals surface area contributed by atoms with E-state index in [0.29, 0.717) is 24.7 Å². The van der Waals surface area contributed by atoms with Gasteiger partial charge in [0.05, 0.1) is 24.9 Å². The second-order valence-corrected chi connectivity index (χ2v) is 16.7. The zero-order chi connectivity index (χ0) is 32.0. The van der Waals surface area contributed by atoms with E-state index < -0.39 is 14.4 Å². The van der Waals surface area contributed by atoms with Crippen LogP contribution in [0, 0.1) is 6.92 Å². The third-order valence-corrected chi connectivity index (χ3v) is 11.1. The Kier molecular flexibility index (Phi) is 7.86. The molecule has 0 saturated heterocycles. The fourth-order valence-corrected chi connectivity index (χ4v) is 7.94. The lowest BCUT2D eigenvalue weighted by molar-refractivity contribution is -0.121. The summed E-state index contributed by atoms with van der Waals surface area (Å²) in [5, 5.41) is 14.1. The van der Waals surface area contributed by atoms with E-state index in [2.05, 4.69) is 56.9 Å². The highest BCUT2D eigenvalue weighted by Crippen LogP contribution is 2.38. The Morgan fingerprint density at radius 1 is 1.09 bits per heavy atom. The summed E-state index contributed by atoms with van der Waals surface area (Å²) in [7, 11) is -0.812. The van der Waals surface area contributed by atoms with Gasteiger partial charge in [-0.1, -0.05) is 36.8 Å². The predicted octanol–water partition coefficient (Wildman–Crippen LogP) is 5.38. The predicted molar refractivity (Wildman–Crippen MR) is 183 cm³/mol. The van der Waals surface area contributed by atoms with Crippen LogP contribution in [0.3, 0.4) is 0 Å². The van der Waals surface area contributed by atoms with E-state index in [1.54, 1.807) is 7.11 Å². The molecule has 1 saturated carbocycles. The van der Waals surface area contributed by atoms with E-state index in [9.17, 15) is 9.59 Å². The number of hydrogen-bond acceptors (Lipinski definition) is 6. The Morgan fingerprint density at radius 3 is 2.61 bits per heavy atom. The largest absolute Gasteiger partial charge is 0.497 e. The van der Waals surface area contributed by atoms with Crippen molar-refractivity contribution in [3.05, 3.63) is 101 Å². The first-order chi connectivity index (χ1) is 22.2. The standard InChI is InChI=1S/C36H40N6O3Si/c1-22-40-41-36-31(20-34(43)37-17-16-23-8-14-30-28(18-23)33(21-38-30)46(3,4)44)39-35(26-11-9-25(10-12-26)24-6-5-7-24)29-19-27(45-2)13-15-32(29)42(22)36/h8-15,18-19,21,24,31,38,44H,5-7,16-17,20H2,1-4H3,(H,37,43). The number of H-pyrrole nitrogens is 1. The molecule has 1 aliphatic heterocycles. The maximum Gasteiger partial charge on any atom is 0.222 e. The van der Waals surface area contributed by atoms with E-state index in [-0.39, 0.29) is 12.3 Å². The number of aromatic amines is 1. The summed E-state index contributed by atoms with van der Waals surface area (Å²) in [5.41, 5.74) is 7.11. The third-order valence-electron chi connectivity index (χ3n) is 9.41. The van der Waals surface area contributed by atoms with Crippen molar-refractivity contribution in [3.63, 3.8) is 0 Å². The number of hydrogen-bond donors (Lipinski definition) is 3. The smallest absolute Gasteiger partial charge is 0.222 e. The zero-order valence-electron chi connectivity index (χ0n) is 26.8. The number of benzene rings is 3. The molecule has 46 heavy (non-hydrogen) atoms. The van der Waals surface area contributed by atoms with Crippen molar-refractivity contribution in [2.24, 2.45) is 4.99 Å². The molecule has 3 N–H and O–H groups in total. The summed E-state index contributed by atoms with van der Waals surface area (Å²) in [6, 6.07) is 20.4. The number of amides is 1. The normalized spacial score (nSPS) is 16.3. The van der Waals surface area contributed by atoms with Gasteiger partial charge >= 0.3 is 0 Å². The van der Waals surface area contributed by atoms with Gasteiger partial charge < -0.3 is 19.8 Å². The summed E-state index contributed by atoms with van der Waals surface area (Å²) in [5.74, 6) is 2.65. The van der Waals surface area contributed by atoms with Crippen molar-refractivity contribution in [2.45, 2.75) is 64.1 Å². The summed E-state index contributed by atoms with van der Waals surface area (Å²) in [6.45, 7) is 6.25. The number of carbonyl (C=O) groups is 1. The van der Waals surface area contributed by atoms with Gasteiger partial charge in [-0.3, -0.25) is 14.4 Å². The van der Waals surface area contributed by atoms with Gasteiger partial charge in [-0.15, -0.1) is 10.2 Å². The van der Waals surface area contributed by atoms with E-state index in [4.69, 9.17) is 9.73 Å². The summed E-state index contributed by atoms with van der Waals surface area (Å²) in [6.07, 6.45) is 6.51. The Hall–Kier alpha value is -4.54. The van der Waals surface area contributed by atoms with Gasteiger partial charge in [-0.05, 0) is 91.8 Å². The summed E-state index contributed by atoms with van der Waals surface area (Å²) >= 11 is 0. The minimum Gasteiger partial charge on any atom is -0.497 e. The van der Waals surface area contributed by atoms with Crippen LogP contribution in [0.2, 0.25) is 13.1 Å². The van der Waals surface area contributed by atoms with E-state index in [0.717, 1.165) is 55.8 Å². The molecule has 1 amide bonds. The van der Waals surface area contributed by atoms with Crippen molar-refractivity contribution in [1.82, 2.24) is 25.1 Å². The lowest BCUT2D eigenvalue weighted by Crippen LogP contribution is -2.40. The molecule has 0 spiro atoms. The number of nitrogens with zero attached hydrogens (tertiary/aromatic N) is 4. The molecule has 1 aliphatic carbocycles. The fourth-order valence-electron chi connectivity index (χ4n) is 6.65. The number of aliphatic imine (C=N–C) groups is 1. The van der Waals surface area contributed by atoms with Crippen molar-refractivity contribution in [1.29, 1.82) is 0 Å². The number of carbonyl (C=O) groups excluding carboxylic acids is 1. The van der Waals surface area contributed by atoms with Crippen LogP contribution in [0.1, 0.15) is 71.5 Å². The molecule has 3 aromatic carbocycles. The van der Waals surface area contributed by atoms with Crippen LogP contribution >= 0.6 is 0 Å². The Labute approximate surface area is 269 Å². The lowest BCUT2D eigenvalue weighted by atomic mass is 9.80. The Morgan fingerprint density at radius 2 is 1.89 bits per heavy atom. The zero-order valence-corrected chi connectivity index (χ0v) is 27.8. The second kappa shape index (κ2) is 12.0. The maximum absolute atomic E-state index is 13.5. The van der Waals surface area contributed by atoms with Gasteiger partial charge in [0.15, 0.2) is 5.82 Å². The maximum atomic E-state index is 13.5. The van der Waals surface area contributed by atoms with Crippen LogP contribution < -0.4 is 15.2 Å². The lowest BCUT2D eigenvalue weighted by Gasteiger charge is -2.26. The first kappa shape index (κ1) is 30.1. The summed E-state index contributed by atoms with van der Waals surface area (Å²) < 4.78 is 7.64. The SMILES string of the molecule is COc1ccc2c(c1)C(c1ccc(C3CCC3)cc1)=NC(CC(=O)NCCc1ccc3[nH]cc([Si](C)(C)O)c3c1)c1nnc(C)n1-2. The van der Waals surface area contributed by atoms with Crippen LogP contribution in [0.4, 0.5) is 0 Å². The van der Waals surface area contributed by atoms with Gasteiger partial charge in [-0.25, -0.2) is 0 Å². The molecule has 10 heteroatoms. The van der Waals surface area contributed by atoms with Gasteiger partial charge in [0, 0.05) is 34.8 Å². The second-order valence-electron chi connectivity index (χ2n) is 13.0. The van der Waals surface area contributed by atoms with Crippen LogP contribution in [0.15, 0.2) is 71.9 Å². The molecular formula is C36H40N6O3Si. The molecule has 2 aromatic heterocycles. The molecule has 236 valence electrons. The number of ether oxygens (including phenoxy) is 1. The highest BCUT2D eigenvalue weighted by Gasteiger charge is 2.30. The quantitative estimate of drug-likeness (QED) is 0.189. The van der Waals surface area contributed by atoms with E-state index >= 15 is 0 Å². The van der Waals surface area contributed by atoms with Crippen molar-refractivity contribution >= 4 is 36.0 Å². The highest BCUT2D eigenvalue weighted by atomic mass is 28.4. The molecule has 1 atom stereocenters. The van der Waals surface area contributed by atoms with E-state index in [1.165, 1.54) is 24.8 Å². The minimum atomic E-state index is -2.47. The van der Waals surface area contributed by atoms with Crippen molar-refractivity contribution < 1.29 is 14.3 Å². The number of rotatable bonds is 9. The number of aryl methyl sites for hydroxylation is 1. The molecule has 1 fully saturated rings. The summed E-state index contributed by atoms with van der Waals surface area (Å²) in [4.78, 5) is 32.7. The average Bonchev–Trinajstić information content (AvgIpc) is 3.58. The van der Waals surface area contributed by atoms with E-state index in [1.807, 2.05) is 55.0 Å². The average molecular weight is 633 g/mol. The number of fused-ring (bicyclic) bond motifs is 4. The minimum absolute atomic E-state index is 0.100. The Bertz CT molecular complexity index is 1950. The van der Waals surface area contributed by atoms with Crippen molar-refractivity contribution in [2.75, 3.05) is 13.7 Å². The first-order valence-corrected chi connectivity index (χ1v) is 19.0. The fraction of sp³-hybridized carbons (Fsp3) is 0.333. The first-order valence-electron chi connectivity index (χ1n) is 16.1. The number of aromatic nitrogens is 4. The molecule has 2 aliphatic rings.